The number of benzene rings is 2. The van der Waals surface area contributed by atoms with Gasteiger partial charge in [-0.2, -0.15) is 24.9 Å². The van der Waals surface area contributed by atoms with E-state index >= 15 is 0 Å². The molecule has 1 aliphatic heterocycles. The van der Waals surface area contributed by atoms with Crippen molar-refractivity contribution >= 4 is 29.9 Å². The van der Waals surface area contributed by atoms with Crippen LogP contribution in [0.25, 0.3) is 0 Å². The number of alkyl halides is 3. The fraction of sp³-hybridized carbons (Fsp3) is 0.556. The lowest BCUT2D eigenvalue weighted by molar-refractivity contribution is -0.206. The highest BCUT2D eigenvalue weighted by Gasteiger charge is 2.42. The molecule has 1 saturated heterocycles. The second kappa shape index (κ2) is 13.6. The SMILES string of the molecule is COC[C@@H](Oc1cc(C[C@@H]2CSC[C@H](NCc3cccc(C(C)(C)C)c3)[C@H]2O)cc(F)c1N)C(F)(F)F.Cl. The number of nitrogens with one attached hydrogen (secondary N) is 1. The molecule has 0 aliphatic carbocycles. The van der Waals surface area contributed by atoms with Crippen molar-refractivity contribution in [2.45, 2.75) is 63.6 Å². The van der Waals surface area contributed by atoms with Gasteiger partial charge in [0.25, 0.3) is 0 Å². The summed E-state index contributed by atoms with van der Waals surface area (Å²) in [5, 5.41) is 14.5. The highest BCUT2D eigenvalue weighted by atomic mass is 35.5. The molecule has 3 rings (SSSR count). The Labute approximate surface area is 232 Å². The van der Waals surface area contributed by atoms with Crippen molar-refractivity contribution in [2.75, 3.05) is 31.0 Å². The van der Waals surface area contributed by atoms with E-state index in [0.717, 1.165) is 12.7 Å². The number of halogens is 5. The molecule has 1 fully saturated rings. The Morgan fingerprint density at radius 3 is 2.47 bits per heavy atom. The summed E-state index contributed by atoms with van der Waals surface area (Å²) in [5.74, 6) is -0.135. The number of hydrogen-bond acceptors (Lipinski definition) is 6. The molecule has 4 atom stereocenters. The van der Waals surface area contributed by atoms with Gasteiger partial charge in [0, 0.05) is 25.4 Å². The van der Waals surface area contributed by atoms with E-state index in [2.05, 4.69) is 43.0 Å². The van der Waals surface area contributed by atoms with Crippen molar-refractivity contribution in [1.29, 1.82) is 0 Å². The van der Waals surface area contributed by atoms with Crippen molar-refractivity contribution in [2.24, 2.45) is 5.92 Å². The number of rotatable bonds is 9. The van der Waals surface area contributed by atoms with E-state index in [1.165, 1.54) is 17.7 Å². The Hall–Kier alpha value is -1.72. The Morgan fingerprint density at radius 2 is 1.84 bits per heavy atom. The zero-order chi connectivity index (χ0) is 27.4. The summed E-state index contributed by atoms with van der Waals surface area (Å²) in [7, 11) is 1.12. The maximum Gasteiger partial charge on any atom is 0.427 e. The van der Waals surface area contributed by atoms with Crippen LogP contribution >= 0.6 is 24.2 Å². The average molecular weight is 581 g/mol. The van der Waals surface area contributed by atoms with Gasteiger partial charge < -0.3 is 25.6 Å². The normalized spacial score (nSPS) is 21.0. The molecule has 0 unspecified atom stereocenters. The lowest BCUT2D eigenvalue weighted by Gasteiger charge is -2.35. The molecule has 2 aromatic rings. The van der Waals surface area contributed by atoms with Crippen LogP contribution in [0.15, 0.2) is 36.4 Å². The Bertz CT molecular complexity index is 1050. The van der Waals surface area contributed by atoms with Crippen LogP contribution in [0.1, 0.15) is 37.5 Å². The Morgan fingerprint density at radius 1 is 1.13 bits per heavy atom. The molecule has 38 heavy (non-hydrogen) atoms. The maximum atomic E-state index is 14.5. The third-order valence-electron chi connectivity index (χ3n) is 6.49. The van der Waals surface area contributed by atoms with E-state index < -0.39 is 36.5 Å². The minimum Gasteiger partial charge on any atom is -0.476 e. The van der Waals surface area contributed by atoms with Gasteiger partial charge in [0.1, 0.15) is 17.3 Å². The molecule has 0 amide bonds. The fourth-order valence-electron chi connectivity index (χ4n) is 4.29. The van der Waals surface area contributed by atoms with Crippen LogP contribution in [0.3, 0.4) is 0 Å². The first-order chi connectivity index (χ1) is 17.3. The van der Waals surface area contributed by atoms with Crippen LogP contribution in [0.4, 0.5) is 23.2 Å². The van der Waals surface area contributed by atoms with E-state index in [1.807, 2.05) is 12.1 Å². The molecule has 11 heteroatoms. The molecule has 0 bridgehead atoms. The summed E-state index contributed by atoms with van der Waals surface area (Å²) in [6.45, 7) is 6.31. The minimum atomic E-state index is -4.71. The van der Waals surface area contributed by atoms with Crippen LogP contribution in [-0.2, 0) is 23.1 Å². The predicted octanol–water partition coefficient (Wildman–Crippen LogP) is 5.51. The third kappa shape index (κ3) is 8.64. The van der Waals surface area contributed by atoms with Crippen LogP contribution in [0.5, 0.6) is 5.75 Å². The zero-order valence-electron chi connectivity index (χ0n) is 22.0. The highest BCUT2D eigenvalue weighted by molar-refractivity contribution is 7.99. The molecular formula is C27H37ClF4N2O3S. The Balaban J connectivity index is 0.00000507. The average Bonchev–Trinajstić information content (AvgIpc) is 2.81. The molecule has 214 valence electrons. The standard InChI is InChI=1S/C27H36F4N2O3S.ClH/c1-26(2,3)19-7-5-6-16(9-19)12-33-21-15-37-14-18(25(21)34)8-17-10-20(28)24(32)22(11-17)36-23(13-35-4)27(29,30)31;/h5-7,9-11,18,21,23,25,33-34H,8,12-15,32H2,1-4H3;1H/t18-,21+,23-,25+;/m1./s1. The smallest absolute Gasteiger partial charge is 0.427 e. The minimum absolute atomic E-state index is 0. The Kier molecular flexibility index (Phi) is 11.6. The van der Waals surface area contributed by atoms with Crippen LogP contribution < -0.4 is 15.8 Å². The highest BCUT2D eigenvalue weighted by Crippen LogP contribution is 2.34. The lowest BCUT2D eigenvalue weighted by atomic mass is 9.86. The first kappa shape index (κ1) is 32.5. The number of anilines is 1. The van der Waals surface area contributed by atoms with Crippen LogP contribution in [0.2, 0.25) is 0 Å². The van der Waals surface area contributed by atoms with E-state index in [1.54, 1.807) is 11.8 Å². The molecule has 0 radical (unpaired) electrons. The van der Waals surface area contributed by atoms with Gasteiger partial charge in [0.15, 0.2) is 0 Å². The van der Waals surface area contributed by atoms with Gasteiger partial charge in [-0.25, -0.2) is 4.39 Å². The molecule has 0 aromatic heterocycles. The number of aliphatic hydroxyl groups is 1. The largest absolute Gasteiger partial charge is 0.476 e. The molecule has 1 aliphatic rings. The number of nitrogens with two attached hydrogens (primary N) is 1. The van der Waals surface area contributed by atoms with Gasteiger partial charge in [-0.05, 0) is 52.3 Å². The van der Waals surface area contributed by atoms with E-state index in [0.29, 0.717) is 23.6 Å². The molecule has 5 nitrogen and oxygen atoms in total. The fourth-order valence-corrected chi connectivity index (χ4v) is 5.62. The summed E-state index contributed by atoms with van der Waals surface area (Å²) >= 11 is 1.67. The van der Waals surface area contributed by atoms with Crippen molar-refractivity contribution in [3.8, 4) is 5.75 Å². The maximum absolute atomic E-state index is 14.5. The van der Waals surface area contributed by atoms with Gasteiger partial charge >= 0.3 is 6.18 Å². The van der Waals surface area contributed by atoms with Crippen molar-refractivity contribution in [3.05, 3.63) is 58.9 Å². The monoisotopic (exact) mass is 580 g/mol. The van der Waals surface area contributed by atoms with Gasteiger partial charge in [0.05, 0.1) is 12.7 Å². The van der Waals surface area contributed by atoms with Gasteiger partial charge in [-0.3, -0.25) is 0 Å². The van der Waals surface area contributed by atoms with Crippen LogP contribution in [0, 0.1) is 11.7 Å². The number of nitrogen functional groups attached to an aromatic ring is 1. The summed E-state index contributed by atoms with van der Waals surface area (Å²) < 4.78 is 64.0. The summed E-state index contributed by atoms with van der Waals surface area (Å²) in [6.07, 6.45) is -7.44. The second-order valence-corrected chi connectivity index (χ2v) is 11.6. The van der Waals surface area contributed by atoms with Gasteiger partial charge in [-0.15, -0.1) is 12.4 Å². The van der Waals surface area contributed by atoms with E-state index in [-0.39, 0.29) is 42.0 Å². The molecule has 0 spiro atoms. The number of methoxy groups -OCH3 is 1. The zero-order valence-corrected chi connectivity index (χ0v) is 23.6. The van der Waals surface area contributed by atoms with Gasteiger partial charge in [-0.1, -0.05) is 45.0 Å². The summed E-state index contributed by atoms with van der Waals surface area (Å²) in [4.78, 5) is 0. The van der Waals surface area contributed by atoms with Gasteiger partial charge in [0.2, 0.25) is 6.10 Å². The van der Waals surface area contributed by atoms with Crippen molar-refractivity contribution in [3.63, 3.8) is 0 Å². The topological polar surface area (TPSA) is 76.7 Å². The molecule has 1 heterocycles. The first-order valence-corrected chi connectivity index (χ1v) is 13.3. The number of ether oxygens (including phenoxy) is 2. The predicted molar refractivity (Wildman–Crippen MR) is 147 cm³/mol. The molecular weight excluding hydrogens is 544 g/mol. The number of aliphatic hydroxyl groups excluding tert-OH is 1. The number of hydrogen-bond donors (Lipinski definition) is 3. The molecule has 2 aromatic carbocycles. The number of thioether (sulfide) groups is 1. The molecule has 0 saturated carbocycles. The van der Waals surface area contributed by atoms with E-state index in [4.69, 9.17) is 10.5 Å². The van der Waals surface area contributed by atoms with Crippen molar-refractivity contribution in [1.82, 2.24) is 5.32 Å². The van der Waals surface area contributed by atoms with Crippen LogP contribution in [-0.4, -0.2) is 54.8 Å². The lowest BCUT2D eigenvalue weighted by Crippen LogP contribution is -2.49. The summed E-state index contributed by atoms with van der Waals surface area (Å²) in [5.41, 5.74) is 7.96. The molecule has 4 N–H and O–H groups in total. The quantitative estimate of drug-likeness (QED) is 0.268. The van der Waals surface area contributed by atoms with E-state index in [9.17, 15) is 22.7 Å². The summed E-state index contributed by atoms with van der Waals surface area (Å²) in [6, 6.07) is 10.6. The van der Waals surface area contributed by atoms with Crippen molar-refractivity contribution < 1.29 is 32.1 Å². The third-order valence-corrected chi connectivity index (χ3v) is 7.75. The first-order valence-electron chi connectivity index (χ1n) is 12.2. The second-order valence-electron chi connectivity index (χ2n) is 10.5.